The van der Waals surface area contributed by atoms with E-state index in [0.717, 1.165) is 29.5 Å². The molecule has 1 amide bonds. The van der Waals surface area contributed by atoms with E-state index in [9.17, 15) is 17.6 Å². The second-order valence-electron chi connectivity index (χ2n) is 9.52. The molecule has 0 radical (unpaired) electrons. The summed E-state index contributed by atoms with van der Waals surface area (Å²) in [6, 6.07) is 21.7. The van der Waals surface area contributed by atoms with Crippen LogP contribution >= 0.6 is 0 Å². The highest BCUT2D eigenvalue weighted by Gasteiger charge is 2.28. The van der Waals surface area contributed by atoms with Gasteiger partial charge in [-0.05, 0) is 96.1 Å². The summed E-state index contributed by atoms with van der Waals surface area (Å²) in [5, 5.41) is 6.06. The van der Waals surface area contributed by atoms with Gasteiger partial charge in [0.05, 0.1) is 10.6 Å². The van der Waals surface area contributed by atoms with Crippen molar-refractivity contribution in [3.63, 3.8) is 0 Å². The maximum Gasteiger partial charge on any atom is 0.248 e. The number of carbonyl (C=O) groups excluding carboxylic acids is 1. The normalized spacial score (nSPS) is 14.7. The van der Waals surface area contributed by atoms with E-state index in [2.05, 4.69) is 20.3 Å². The van der Waals surface area contributed by atoms with Crippen molar-refractivity contribution in [2.75, 3.05) is 10.6 Å². The van der Waals surface area contributed by atoms with Gasteiger partial charge < -0.3 is 10.6 Å². The third kappa shape index (κ3) is 6.44. The van der Waals surface area contributed by atoms with Crippen LogP contribution in [-0.2, 0) is 27.7 Å². The van der Waals surface area contributed by atoms with E-state index in [1.54, 1.807) is 48.7 Å². The Morgan fingerprint density at radius 3 is 2.58 bits per heavy atom. The molecule has 1 aromatic heterocycles. The quantitative estimate of drug-likeness (QED) is 0.215. The molecule has 1 heterocycles. The fourth-order valence-electron chi connectivity index (χ4n) is 4.62. The van der Waals surface area contributed by atoms with Gasteiger partial charge in [0.25, 0.3) is 0 Å². The van der Waals surface area contributed by atoms with Crippen LogP contribution in [0, 0.1) is 5.82 Å². The SMILES string of the molecule is CCc1ccc(S(=O)(=O)NC2CCc3ccc(Nc4ncccc4NC(=O)/C=C/c4ccc(F)cc4)cc32)cc1. The summed E-state index contributed by atoms with van der Waals surface area (Å²) in [7, 11) is -3.69. The number of hydrogen-bond acceptors (Lipinski definition) is 5. The molecule has 1 aliphatic rings. The number of amides is 1. The number of aromatic nitrogens is 1. The van der Waals surface area contributed by atoms with Crippen LogP contribution in [0.25, 0.3) is 6.08 Å². The van der Waals surface area contributed by atoms with Crippen LogP contribution in [0.2, 0.25) is 0 Å². The third-order valence-electron chi connectivity index (χ3n) is 6.79. The summed E-state index contributed by atoms with van der Waals surface area (Å²) in [4.78, 5) is 17.2. The second kappa shape index (κ2) is 11.8. The molecule has 0 bridgehead atoms. The average molecular weight is 557 g/mol. The lowest BCUT2D eigenvalue weighted by atomic mass is 10.1. The van der Waals surface area contributed by atoms with Gasteiger partial charge in [0.15, 0.2) is 5.82 Å². The maximum absolute atomic E-state index is 13.1. The molecular weight excluding hydrogens is 527 g/mol. The van der Waals surface area contributed by atoms with Gasteiger partial charge in [-0.1, -0.05) is 37.3 Å². The first kappa shape index (κ1) is 27.2. The molecule has 40 heavy (non-hydrogen) atoms. The Labute approximate surface area is 233 Å². The minimum Gasteiger partial charge on any atom is -0.338 e. The van der Waals surface area contributed by atoms with Gasteiger partial charge in [0, 0.05) is 24.0 Å². The Kier molecular flexibility index (Phi) is 8.04. The number of nitrogens with zero attached hydrogens (tertiary/aromatic N) is 1. The molecule has 0 aliphatic heterocycles. The lowest BCUT2D eigenvalue weighted by Gasteiger charge is -2.17. The first-order chi connectivity index (χ1) is 19.3. The van der Waals surface area contributed by atoms with Gasteiger partial charge >= 0.3 is 0 Å². The number of benzene rings is 3. The number of nitrogens with one attached hydrogen (secondary N) is 3. The Balaban J connectivity index is 1.30. The molecule has 4 aromatic rings. The van der Waals surface area contributed by atoms with E-state index in [4.69, 9.17) is 0 Å². The van der Waals surface area contributed by atoms with Crippen LogP contribution in [0.15, 0.2) is 96.0 Å². The molecule has 3 N–H and O–H groups in total. The number of hydrogen-bond donors (Lipinski definition) is 3. The molecule has 1 atom stereocenters. The first-order valence-electron chi connectivity index (χ1n) is 13.0. The predicted molar refractivity (Wildman–Crippen MR) is 155 cm³/mol. The summed E-state index contributed by atoms with van der Waals surface area (Å²) in [6.07, 6.45) is 6.84. The standard InChI is InChI=1S/C31H29FN4O3S/c1-2-21-7-15-26(16-8-21)40(38,39)36-28-17-11-23-10-14-25(20-27(23)28)34-31-29(4-3-19-33-31)35-30(37)18-9-22-5-12-24(32)13-6-22/h3-10,12-16,18-20,28,36H,2,11,17H2,1H3,(H,33,34)(H,35,37)/b18-9+. The number of halogens is 1. The van der Waals surface area contributed by atoms with E-state index in [1.165, 1.54) is 18.2 Å². The molecule has 0 spiro atoms. The summed E-state index contributed by atoms with van der Waals surface area (Å²) in [6.45, 7) is 2.03. The van der Waals surface area contributed by atoms with Crippen molar-refractivity contribution >= 4 is 39.2 Å². The largest absolute Gasteiger partial charge is 0.338 e. The molecule has 7 nitrogen and oxygen atoms in total. The minimum atomic E-state index is -3.69. The summed E-state index contributed by atoms with van der Waals surface area (Å²) in [5.74, 6) is -0.266. The molecular formula is C31H29FN4O3S. The van der Waals surface area contributed by atoms with Crippen molar-refractivity contribution in [1.29, 1.82) is 0 Å². The first-order valence-corrected chi connectivity index (χ1v) is 14.5. The number of aryl methyl sites for hydroxylation is 2. The highest BCUT2D eigenvalue weighted by atomic mass is 32.2. The molecule has 3 aromatic carbocycles. The van der Waals surface area contributed by atoms with Crippen LogP contribution in [0.5, 0.6) is 0 Å². The highest BCUT2D eigenvalue weighted by Crippen LogP contribution is 2.35. The van der Waals surface area contributed by atoms with Gasteiger partial charge in [-0.15, -0.1) is 0 Å². The van der Waals surface area contributed by atoms with Crippen LogP contribution < -0.4 is 15.4 Å². The van der Waals surface area contributed by atoms with E-state index in [-0.39, 0.29) is 22.7 Å². The monoisotopic (exact) mass is 556 g/mol. The fourth-order valence-corrected chi connectivity index (χ4v) is 5.87. The number of sulfonamides is 1. The number of rotatable bonds is 9. The zero-order valence-corrected chi connectivity index (χ0v) is 22.7. The van der Waals surface area contributed by atoms with Crippen LogP contribution in [0.1, 0.15) is 41.6 Å². The van der Waals surface area contributed by atoms with Crippen molar-refractivity contribution in [1.82, 2.24) is 9.71 Å². The topological polar surface area (TPSA) is 100 Å². The molecule has 0 fully saturated rings. The Morgan fingerprint density at radius 1 is 1.05 bits per heavy atom. The number of carbonyl (C=O) groups is 1. The zero-order valence-electron chi connectivity index (χ0n) is 21.9. The van der Waals surface area contributed by atoms with Crippen molar-refractivity contribution in [2.24, 2.45) is 0 Å². The third-order valence-corrected chi connectivity index (χ3v) is 8.28. The van der Waals surface area contributed by atoms with E-state index in [1.807, 2.05) is 37.3 Å². The molecule has 9 heteroatoms. The molecule has 0 saturated heterocycles. The zero-order chi connectivity index (χ0) is 28.1. The minimum absolute atomic E-state index is 0.245. The summed E-state index contributed by atoms with van der Waals surface area (Å²) >= 11 is 0. The van der Waals surface area contributed by atoms with E-state index < -0.39 is 10.0 Å². The maximum atomic E-state index is 13.1. The number of pyridine rings is 1. The van der Waals surface area contributed by atoms with Crippen LogP contribution in [0.3, 0.4) is 0 Å². The molecule has 0 saturated carbocycles. The number of fused-ring (bicyclic) bond motifs is 1. The average Bonchev–Trinajstić information content (AvgIpc) is 3.35. The van der Waals surface area contributed by atoms with Crippen molar-refractivity contribution in [2.45, 2.75) is 37.1 Å². The van der Waals surface area contributed by atoms with Crippen molar-refractivity contribution in [3.8, 4) is 0 Å². The molecule has 204 valence electrons. The fraction of sp³-hybridized carbons (Fsp3) is 0.161. The Hall–Kier alpha value is -4.34. The van der Waals surface area contributed by atoms with Crippen molar-refractivity contribution in [3.05, 3.63) is 119 Å². The lowest BCUT2D eigenvalue weighted by molar-refractivity contribution is -0.111. The van der Waals surface area contributed by atoms with Gasteiger partial charge in [-0.2, -0.15) is 0 Å². The summed E-state index contributed by atoms with van der Waals surface area (Å²) in [5.41, 5.74) is 4.96. The van der Waals surface area contributed by atoms with E-state index in [0.29, 0.717) is 29.2 Å². The Bertz CT molecular complexity index is 1650. The van der Waals surface area contributed by atoms with E-state index >= 15 is 0 Å². The predicted octanol–water partition coefficient (Wildman–Crippen LogP) is 6.14. The van der Waals surface area contributed by atoms with Gasteiger partial charge in [0.2, 0.25) is 15.9 Å². The Morgan fingerprint density at radius 2 is 1.82 bits per heavy atom. The second-order valence-corrected chi connectivity index (χ2v) is 11.2. The van der Waals surface area contributed by atoms with Gasteiger partial charge in [-0.25, -0.2) is 22.5 Å². The van der Waals surface area contributed by atoms with Gasteiger partial charge in [0.1, 0.15) is 5.82 Å². The highest BCUT2D eigenvalue weighted by molar-refractivity contribution is 7.89. The molecule has 5 rings (SSSR count). The van der Waals surface area contributed by atoms with Crippen LogP contribution in [0.4, 0.5) is 21.6 Å². The summed E-state index contributed by atoms with van der Waals surface area (Å²) < 4.78 is 42.1. The van der Waals surface area contributed by atoms with Crippen LogP contribution in [-0.4, -0.2) is 19.3 Å². The smallest absolute Gasteiger partial charge is 0.248 e. The molecule has 1 aliphatic carbocycles. The lowest BCUT2D eigenvalue weighted by Crippen LogP contribution is -2.27. The molecule has 1 unspecified atom stereocenters. The van der Waals surface area contributed by atoms with Crippen molar-refractivity contribution < 1.29 is 17.6 Å². The number of anilines is 3. The van der Waals surface area contributed by atoms with Gasteiger partial charge in [-0.3, -0.25) is 4.79 Å².